The van der Waals surface area contributed by atoms with Crippen LogP contribution in [0.1, 0.15) is 22.8 Å². The van der Waals surface area contributed by atoms with Crippen molar-refractivity contribution in [2.24, 2.45) is 0 Å². The average Bonchev–Trinajstić information content (AvgIpc) is 2.59. The molecule has 2 rings (SSSR count). The summed E-state index contributed by atoms with van der Waals surface area (Å²) in [5, 5.41) is 0.446. The van der Waals surface area contributed by atoms with E-state index in [0.29, 0.717) is 22.9 Å². The minimum absolute atomic E-state index is 0.355. The maximum Gasteiger partial charge on any atom is 0.269 e. The lowest BCUT2D eigenvalue weighted by molar-refractivity contribution is -0.117. The lowest BCUT2D eigenvalue weighted by atomic mass is 10.2. The summed E-state index contributed by atoms with van der Waals surface area (Å²) in [6.07, 6.45) is 2.93. The largest absolute Gasteiger partial charge is 0.493 e. The maximum atomic E-state index is 11.9. The Bertz CT molecular complexity index is 759. The van der Waals surface area contributed by atoms with Gasteiger partial charge in [-0.25, -0.2) is 0 Å². The zero-order chi connectivity index (χ0) is 17.4. The third-order valence-electron chi connectivity index (χ3n) is 3.02. The Hall–Kier alpha value is -2.79. The summed E-state index contributed by atoms with van der Waals surface area (Å²) in [6.45, 7) is 2.42. The van der Waals surface area contributed by atoms with Gasteiger partial charge in [-0.15, -0.1) is 0 Å². The minimum Gasteiger partial charge on any atom is -0.493 e. The number of hydrogen-bond donors (Lipinski definition) is 2. The molecule has 0 aromatic heterocycles. The Morgan fingerprint density at radius 2 is 1.92 bits per heavy atom. The highest BCUT2D eigenvalue weighted by molar-refractivity contribution is 6.30. The molecule has 2 amide bonds. The van der Waals surface area contributed by atoms with E-state index >= 15 is 0 Å². The molecule has 124 valence electrons. The highest BCUT2D eigenvalue weighted by Crippen LogP contribution is 2.19. The molecule has 0 saturated heterocycles. The molecule has 5 nitrogen and oxygen atoms in total. The van der Waals surface area contributed by atoms with Crippen LogP contribution in [0.4, 0.5) is 0 Å². The fourth-order valence-electron chi connectivity index (χ4n) is 1.93. The van der Waals surface area contributed by atoms with Crippen molar-refractivity contribution >= 4 is 29.5 Å². The Morgan fingerprint density at radius 3 is 2.67 bits per heavy atom. The maximum absolute atomic E-state index is 11.9. The third kappa shape index (κ3) is 5.14. The predicted molar refractivity (Wildman–Crippen MR) is 93.7 cm³/mol. The van der Waals surface area contributed by atoms with E-state index in [9.17, 15) is 9.59 Å². The smallest absolute Gasteiger partial charge is 0.269 e. The molecule has 2 N–H and O–H groups in total. The molecule has 0 bridgehead atoms. The molecule has 0 aliphatic heterocycles. The SMILES string of the molecule is CCOc1ccccc1/C=C/C(=O)NNC(=O)c1cccc(Cl)c1. The van der Waals surface area contributed by atoms with Gasteiger partial charge in [0.1, 0.15) is 5.75 Å². The number of ether oxygens (including phenoxy) is 1. The summed E-state index contributed by atoms with van der Waals surface area (Å²) in [6, 6.07) is 13.8. The van der Waals surface area contributed by atoms with Crippen molar-refractivity contribution in [3.63, 3.8) is 0 Å². The molecular weight excluding hydrogens is 328 g/mol. The van der Waals surface area contributed by atoms with Gasteiger partial charge in [0.15, 0.2) is 0 Å². The second-order valence-electron chi connectivity index (χ2n) is 4.76. The van der Waals surface area contributed by atoms with E-state index in [2.05, 4.69) is 10.9 Å². The van der Waals surface area contributed by atoms with Gasteiger partial charge >= 0.3 is 0 Å². The van der Waals surface area contributed by atoms with E-state index in [4.69, 9.17) is 16.3 Å². The summed E-state index contributed by atoms with van der Waals surface area (Å²) in [4.78, 5) is 23.7. The van der Waals surface area contributed by atoms with Gasteiger partial charge < -0.3 is 4.74 Å². The van der Waals surface area contributed by atoms with Crippen LogP contribution in [-0.4, -0.2) is 18.4 Å². The third-order valence-corrected chi connectivity index (χ3v) is 3.25. The lowest BCUT2D eigenvalue weighted by Gasteiger charge is -2.07. The van der Waals surface area contributed by atoms with Crippen LogP contribution in [0.15, 0.2) is 54.6 Å². The van der Waals surface area contributed by atoms with Crippen molar-refractivity contribution in [1.82, 2.24) is 10.9 Å². The first-order valence-corrected chi connectivity index (χ1v) is 7.73. The van der Waals surface area contributed by atoms with Gasteiger partial charge in [0, 0.05) is 22.2 Å². The molecule has 0 radical (unpaired) electrons. The summed E-state index contributed by atoms with van der Waals surface area (Å²) < 4.78 is 5.47. The highest BCUT2D eigenvalue weighted by Gasteiger charge is 2.06. The Labute approximate surface area is 145 Å². The topological polar surface area (TPSA) is 67.4 Å². The number of hydrogen-bond acceptors (Lipinski definition) is 3. The monoisotopic (exact) mass is 344 g/mol. The Balaban J connectivity index is 1.93. The number of amides is 2. The molecule has 0 unspecified atom stereocenters. The van der Waals surface area contributed by atoms with Gasteiger partial charge in [-0.3, -0.25) is 20.4 Å². The van der Waals surface area contributed by atoms with Crippen LogP contribution in [-0.2, 0) is 4.79 Å². The van der Waals surface area contributed by atoms with Crippen LogP contribution in [0.25, 0.3) is 6.08 Å². The van der Waals surface area contributed by atoms with Crippen molar-refractivity contribution in [3.8, 4) is 5.75 Å². The second-order valence-corrected chi connectivity index (χ2v) is 5.19. The molecule has 6 heteroatoms. The first kappa shape index (κ1) is 17.6. The van der Waals surface area contributed by atoms with E-state index in [1.54, 1.807) is 24.3 Å². The molecule has 0 heterocycles. The normalized spacial score (nSPS) is 10.4. The van der Waals surface area contributed by atoms with Gasteiger partial charge in [0.05, 0.1) is 6.61 Å². The van der Waals surface area contributed by atoms with E-state index in [1.807, 2.05) is 31.2 Å². The molecule has 0 atom stereocenters. The van der Waals surface area contributed by atoms with Gasteiger partial charge in [0.2, 0.25) is 0 Å². The Kier molecular flexibility index (Phi) is 6.40. The summed E-state index contributed by atoms with van der Waals surface area (Å²) in [5.74, 6) is -0.224. The predicted octanol–water partition coefficient (Wildman–Crippen LogP) is 3.21. The van der Waals surface area contributed by atoms with Crippen LogP contribution >= 0.6 is 11.6 Å². The number of halogens is 1. The molecule has 2 aromatic carbocycles. The fourth-order valence-corrected chi connectivity index (χ4v) is 2.12. The van der Waals surface area contributed by atoms with Gasteiger partial charge in [-0.1, -0.05) is 35.9 Å². The molecule has 2 aromatic rings. The van der Waals surface area contributed by atoms with Crippen molar-refractivity contribution in [2.45, 2.75) is 6.92 Å². The van der Waals surface area contributed by atoms with Crippen LogP contribution < -0.4 is 15.6 Å². The summed E-state index contributed by atoms with van der Waals surface area (Å²) in [5.41, 5.74) is 5.76. The number of para-hydroxylation sites is 1. The molecule has 0 aliphatic rings. The van der Waals surface area contributed by atoms with Crippen LogP contribution in [0, 0.1) is 0 Å². The zero-order valence-electron chi connectivity index (χ0n) is 13.1. The number of rotatable bonds is 5. The van der Waals surface area contributed by atoms with Crippen molar-refractivity contribution in [1.29, 1.82) is 0 Å². The molecule has 0 fully saturated rings. The van der Waals surface area contributed by atoms with Crippen molar-refractivity contribution < 1.29 is 14.3 Å². The van der Waals surface area contributed by atoms with Crippen molar-refractivity contribution in [2.75, 3.05) is 6.61 Å². The number of hydrazine groups is 1. The quantitative estimate of drug-likeness (QED) is 0.646. The number of nitrogens with one attached hydrogen (secondary N) is 2. The molecule has 24 heavy (non-hydrogen) atoms. The number of carbonyl (C=O) groups is 2. The second kappa shape index (κ2) is 8.74. The van der Waals surface area contributed by atoms with Gasteiger partial charge in [0.25, 0.3) is 11.8 Å². The molecular formula is C18H17ClN2O3. The van der Waals surface area contributed by atoms with E-state index in [0.717, 1.165) is 5.56 Å². The van der Waals surface area contributed by atoms with E-state index in [1.165, 1.54) is 12.1 Å². The lowest BCUT2D eigenvalue weighted by Crippen LogP contribution is -2.40. The van der Waals surface area contributed by atoms with E-state index in [-0.39, 0.29) is 0 Å². The first-order valence-electron chi connectivity index (χ1n) is 7.36. The Morgan fingerprint density at radius 1 is 1.12 bits per heavy atom. The minimum atomic E-state index is -0.461. The van der Waals surface area contributed by atoms with Crippen LogP contribution in [0.5, 0.6) is 5.75 Å². The van der Waals surface area contributed by atoms with Crippen LogP contribution in [0.2, 0.25) is 5.02 Å². The fraction of sp³-hybridized carbons (Fsp3) is 0.111. The first-order chi connectivity index (χ1) is 11.6. The number of carbonyl (C=O) groups excluding carboxylic acids is 2. The zero-order valence-corrected chi connectivity index (χ0v) is 13.8. The van der Waals surface area contributed by atoms with E-state index < -0.39 is 11.8 Å². The molecule has 0 spiro atoms. The van der Waals surface area contributed by atoms with Gasteiger partial charge in [-0.2, -0.15) is 0 Å². The molecule has 0 aliphatic carbocycles. The highest BCUT2D eigenvalue weighted by atomic mass is 35.5. The van der Waals surface area contributed by atoms with Gasteiger partial charge in [-0.05, 0) is 37.3 Å². The van der Waals surface area contributed by atoms with Crippen LogP contribution in [0.3, 0.4) is 0 Å². The standard InChI is InChI=1S/C18H17ClN2O3/c1-2-24-16-9-4-3-6-13(16)10-11-17(22)20-21-18(23)14-7-5-8-15(19)12-14/h3-12H,2H2,1H3,(H,20,22)(H,21,23)/b11-10+. The molecule has 0 saturated carbocycles. The van der Waals surface area contributed by atoms with Crippen molar-refractivity contribution in [3.05, 3.63) is 70.8 Å². The number of benzene rings is 2. The average molecular weight is 345 g/mol. The summed E-state index contributed by atoms with van der Waals surface area (Å²) >= 11 is 5.82. The summed E-state index contributed by atoms with van der Waals surface area (Å²) in [7, 11) is 0.